The number of carbonyl (C=O) groups is 1. The smallest absolute Gasteiger partial charge is 0.256 e. The predicted molar refractivity (Wildman–Crippen MR) is 126 cm³/mol. The Hall–Kier alpha value is -4.10. The van der Waals surface area contributed by atoms with Crippen LogP contribution in [0.2, 0.25) is 5.02 Å². The molecule has 33 heavy (non-hydrogen) atoms. The second-order valence-electron chi connectivity index (χ2n) is 7.46. The fourth-order valence-electron chi connectivity index (χ4n) is 3.58. The lowest BCUT2D eigenvalue weighted by Crippen LogP contribution is -2.12. The van der Waals surface area contributed by atoms with Crippen molar-refractivity contribution in [3.63, 3.8) is 0 Å². The molecule has 3 heterocycles. The molecule has 0 atom stereocenters. The highest BCUT2D eigenvalue weighted by Gasteiger charge is 2.18. The summed E-state index contributed by atoms with van der Waals surface area (Å²) in [5.41, 5.74) is 4.50. The zero-order valence-corrected chi connectivity index (χ0v) is 18.2. The van der Waals surface area contributed by atoms with E-state index in [1.807, 2.05) is 12.1 Å². The summed E-state index contributed by atoms with van der Waals surface area (Å²) in [5, 5.41) is 7.81. The molecule has 162 valence electrons. The molecule has 1 N–H and O–H groups in total. The first-order valence-corrected chi connectivity index (χ1v) is 10.5. The van der Waals surface area contributed by atoms with Gasteiger partial charge < -0.3 is 5.32 Å². The van der Waals surface area contributed by atoms with Crippen LogP contribution in [0, 0.1) is 12.7 Å². The standard InChI is InChI=1S/C25H17ClFN5O/c1-15-13-17(6-9-20(15)27)23-24(32-22(31-23)3-2-11-29-32)18-10-12-28-21(14-18)30-25(33)16-4-7-19(26)8-5-16/h2-14H,1H3,(H,28,30,33). The fraction of sp³-hybridized carbons (Fsp3) is 0.0400. The molecule has 0 unspecified atom stereocenters. The third-order valence-electron chi connectivity index (χ3n) is 5.21. The van der Waals surface area contributed by atoms with Crippen molar-refractivity contribution in [2.75, 3.05) is 5.32 Å². The van der Waals surface area contributed by atoms with E-state index in [0.29, 0.717) is 39.0 Å². The molecule has 0 aliphatic heterocycles. The van der Waals surface area contributed by atoms with Crippen LogP contribution in [0.3, 0.4) is 0 Å². The number of halogens is 2. The van der Waals surface area contributed by atoms with Crippen molar-refractivity contribution in [1.29, 1.82) is 0 Å². The average molecular weight is 458 g/mol. The Morgan fingerprint density at radius 1 is 1.00 bits per heavy atom. The number of benzene rings is 2. The van der Waals surface area contributed by atoms with E-state index >= 15 is 0 Å². The number of hydrogen-bond acceptors (Lipinski definition) is 4. The Bertz CT molecular complexity index is 1500. The van der Waals surface area contributed by atoms with Gasteiger partial charge in [-0.1, -0.05) is 11.6 Å². The lowest BCUT2D eigenvalue weighted by atomic mass is 10.0. The monoisotopic (exact) mass is 457 g/mol. The van der Waals surface area contributed by atoms with Crippen LogP contribution in [-0.4, -0.2) is 25.5 Å². The van der Waals surface area contributed by atoms with Crippen molar-refractivity contribution in [3.05, 3.63) is 101 Å². The number of amides is 1. The molecule has 0 fully saturated rings. The van der Waals surface area contributed by atoms with E-state index in [9.17, 15) is 9.18 Å². The predicted octanol–water partition coefficient (Wildman–Crippen LogP) is 5.81. The van der Waals surface area contributed by atoms with Gasteiger partial charge in [-0.05, 0) is 79.2 Å². The van der Waals surface area contributed by atoms with E-state index in [2.05, 4.69) is 15.4 Å². The first-order valence-electron chi connectivity index (χ1n) is 10.1. The number of nitrogens with zero attached hydrogens (tertiary/aromatic N) is 4. The molecule has 0 saturated carbocycles. The van der Waals surface area contributed by atoms with Crippen molar-refractivity contribution in [2.24, 2.45) is 0 Å². The molecule has 1 amide bonds. The number of hydrogen-bond donors (Lipinski definition) is 1. The van der Waals surface area contributed by atoms with E-state index in [1.165, 1.54) is 6.07 Å². The topological polar surface area (TPSA) is 72.2 Å². The quantitative estimate of drug-likeness (QED) is 0.369. The highest BCUT2D eigenvalue weighted by molar-refractivity contribution is 6.30. The van der Waals surface area contributed by atoms with Crippen molar-refractivity contribution in [2.45, 2.75) is 6.92 Å². The van der Waals surface area contributed by atoms with Gasteiger partial charge in [0.15, 0.2) is 5.65 Å². The van der Waals surface area contributed by atoms with Gasteiger partial charge in [-0.25, -0.2) is 18.9 Å². The zero-order valence-electron chi connectivity index (χ0n) is 17.5. The lowest BCUT2D eigenvalue weighted by Gasteiger charge is -2.09. The Labute approximate surface area is 193 Å². The third-order valence-corrected chi connectivity index (χ3v) is 5.46. The molecule has 0 aliphatic carbocycles. The largest absolute Gasteiger partial charge is 0.307 e. The second kappa shape index (κ2) is 8.44. The van der Waals surface area contributed by atoms with Gasteiger partial charge in [0, 0.05) is 34.1 Å². The summed E-state index contributed by atoms with van der Waals surface area (Å²) in [5.74, 6) is -0.208. The summed E-state index contributed by atoms with van der Waals surface area (Å²) in [7, 11) is 0. The van der Waals surface area contributed by atoms with Crippen molar-refractivity contribution >= 4 is 29.0 Å². The molecule has 5 rings (SSSR count). The number of nitrogens with one attached hydrogen (secondary N) is 1. The van der Waals surface area contributed by atoms with Crippen LogP contribution in [0.4, 0.5) is 10.2 Å². The highest BCUT2D eigenvalue weighted by atomic mass is 35.5. The minimum atomic E-state index is -0.304. The molecule has 0 bridgehead atoms. The molecule has 0 saturated heterocycles. The molecule has 0 radical (unpaired) electrons. The first kappa shape index (κ1) is 20.8. The summed E-state index contributed by atoms with van der Waals surface area (Å²) in [6.45, 7) is 1.71. The Kier molecular flexibility index (Phi) is 5.32. The molecule has 0 spiro atoms. The lowest BCUT2D eigenvalue weighted by molar-refractivity contribution is 0.102. The molecular formula is C25H17ClFN5O. The van der Waals surface area contributed by atoms with Crippen LogP contribution in [-0.2, 0) is 0 Å². The SMILES string of the molecule is Cc1cc(-c2nc3cccnn3c2-c2ccnc(NC(=O)c3ccc(Cl)cc3)c2)ccc1F. The van der Waals surface area contributed by atoms with Gasteiger partial charge >= 0.3 is 0 Å². The van der Waals surface area contributed by atoms with Crippen LogP contribution in [0.15, 0.2) is 79.1 Å². The van der Waals surface area contributed by atoms with E-state index in [1.54, 1.807) is 72.4 Å². The molecular weight excluding hydrogens is 441 g/mol. The van der Waals surface area contributed by atoms with Gasteiger partial charge in [-0.3, -0.25) is 4.79 Å². The number of aryl methyl sites for hydroxylation is 1. The number of anilines is 1. The summed E-state index contributed by atoms with van der Waals surface area (Å²) < 4.78 is 15.6. The normalized spacial score (nSPS) is 11.0. The zero-order chi connectivity index (χ0) is 22.9. The summed E-state index contributed by atoms with van der Waals surface area (Å²) in [4.78, 5) is 21.7. The van der Waals surface area contributed by atoms with E-state index in [-0.39, 0.29) is 11.7 Å². The van der Waals surface area contributed by atoms with Crippen molar-refractivity contribution < 1.29 is 9.18 Å². The fourth-order valence-corrected chi connectivity index (χ4v) is 3.70. The van der Waals surface area contributed by atoms with Gasteiger partial charge in [-0.2, -0.15) is 5.10 Å². The number of fused-ring (bicyclic) bond motifs is 1. The van der Waals surface area contributed by atoms with Crippen LogP contribution in [0.1, 0.15) is 15.9 Å². The minimum Gasteiger partial charge on any atom is -0.307 e. The second-order valence-corrected chi connectivity index (χ2v) is 7.89. The summed E-state index contributed by atoms with van der Waals surface area (Å²) in [6, 6.07) is 18.7. The van der Waals surface area contributed by atoms with Crippen LogP contribution in [0.5, 0.6) is 0 Å². The molecule has 3 aromatic heterocycles. The maximum Gasteiger partial charge on any atom is 0.256 e. The van der Waals surface area contributed by atoms with Crippen LogP contribution >= 0.6 is 11.6 Å². The number of pyridine rings is 1. The van der Waals surface area contributed by atoms with E-state index < -0.39 is 0 Å². The number of rotatable bonds is 4. The van der Waals surface area contributed by atoms with E-state index in [4.69, 9.17) is 16.6 Å². The van der Waals surface area contributed by atoms with Gasteiger partial charge in [0.25, 0.3) is 5.91 Å². The maximum atomic E-state index is 13.9. The van der Waals surface area contributed by atoms with Crippen molar-refractivity contribution in [1.82, 2.24) is 19.6 Å². The number of imidazole rings is 1. The first-order chi connectivity index (χ1) is 16.0. The maximum absolute atomic E-state index is 13.9. The Morgan fingerprint density at radius 3 is 2.61 bits per heavy atom. The average Bonchev–Trinajstić information content (AvgIpc) is 3.21. The molecule has 6 nitrogen and oxygen atoms in total. The minimum absolute atomic E-state index is 0.279. The summed E-state index contributed by atoms with van der Waals surface area (Å²) in [6.07, 6.45) is 3.27. The van der Waals surface area contributed by atoms with Gasteiger partial charge in [0.2, 0.25) is 0 Å². The Morgan fingerprint density at radius 2 is 1.82 bits per heavy atom. The third kappa shape index (κ3) is 4.06. The van der Waals surface area contributed by atoms with Crippen molar-refractivity contribution in [3.8, 4) is 22.5 Å². The van der Waals surface area contributed by atoms with Gasteiger partial charge in [0.1, 0.15) is 17.3 Å². The Balaban J connectivity index is 1.58. The van der Waals surface area contributed by atoms with Crippen LogP contribution < -0.4 is 5.32 Å². The molecule has 2 aromatic carbocycles. The van der Waals surface area contributed by atoms with Gasteiger partial charge in [-0.15, -0.1) is 0 Å². The van der Waals surface area contributed by atoms with Crippen LogP contribution in [0.25, 0.3) is 28.2 Å². The van der Waals surface area contributed by atoms with Gasteiger partial charge in [0.05, 0.1) is 5.69 Å². The number of carbonyl (C=O) groups excluding carboxylic acids is 1. The molecule has 0 aliphatic rings. The number of aromatic nitrogens is 4. The van der Waals surface area contributed by atoms with E-state index in [0.717, 1.165) is 11.1 Å². The highest BCUT2D eigenvalue weighted by Crippen LogP contribution is 2.33. The molecule has 8 heteroatoms. The molecule has 5 aromatic rings. The summed E-state index contributed by atoms with van der Waals surface area (Å²) >= 11 is 5.91.